The van der Waals surface area contributed by atoms with Gasteiger partial charge < -0.3 is 20.8 Å². The summed E-state index contributed by atoms with van der Waals surface area (Å²) in [6.07, 6.45) is 1.88. The van der Waals surface area contributed by atoms with Crippen molar-refractivity contribution in [1.29, 1.82) is 0 Å². The van der Waals surface area contributed by atoms with Gasteiger partial charge in [-0.2, -0.15) is 0 Å². The zero-order chi connectivity index (χ0) is 15.1. The van der Waals surface area contributed by atoms with Crippen molar-refractivity contribution < 1.29 is 24.6 Å². The fourth-order valence-electron chi connectivity index (χ4n) is 1.33. The van der Waals surface area contributed by atoms with Crippen LogP contribution >= 0.6 is 11.3 Å². The lowest BCUT2D eigenvalue weighted by Crippen LogP contribution is -2.46. The summed E-state index contributed by atoms with van der Waals surface area (Å²) in [7, 11) is 0. The van der Waals surface area contributed by atoms with Gasteiger partial charge in [-0.3, -0.25) is 4.79 Å². The number of carboxylic acids is 2. The number of nitrogens with one attached hydrogen (secondary N) is 2. The van der Waals surface area contributed by atoms with E-state index in [1.54, 1.807) is 6.20 Å². The molecule has 0 radical (unpaired) electrons. The van der Waals surface area contributed by atoms with Crippen molar-refractivity contribution in [2.24, 2.45) is 0 Å². The number of aromatic nitrogens is 1. The first-order valence-corrected chi connectivity index (χ1v) is 6.66. The zero-order valence-electron chi connectivity index (χ0n) is 10.8. The number of carboxylic acid groups (broad SMARTS) is 2. The fourth-order valence-corrected chi connectivity index (χ4v) is 2.14. The second-order valence-electron chi connectivity index (χ2n) is 3.89. The topological polar surface area (TPSA) is 129 Å². The van der Waals surface area contributed by atoms with Crippen LogP contribution in [0.5, 0.6) is 0 Å². The molecule has 8 nitrogen and oxygen atoms in total. The summed E-state index contributed by atoms with van der Waals surface area (Å²) < 4.78 is 0. The number of rotatable bonds is 7. The Labute approximate surface area is 118 Å². The summed E-state index contributed by atoms with van der Waals surface area (Å²) in [5, 5.41) is 22.5. The van der Waals surface area contributed by atoms with Crippen molar-refractivity contribution in [2.75, 3.05) is 0 Å². The van der Waals surface area contributed by atoms with Crippen molar-refractivity contribution in [1.82, 2.24) is 15.6 Å². The molecule has 0 fully saturated rings. The summed E-state index contributed by atoms with van der Waals surface area (Å²) in [6, 6.07) is -2.21. The average molecular weight is 301 g/mol. The Hall–Kier alpha value is -2.16. The Morgan fingerprint density at radius 2 is 2.10 bits per heavy atom. The summed E-state index contributed by atoms with van der Waals surface area (Å²) in [5.74, 6) is -2.70. The summed E-state index contributed by atoms with van der Waals surface area (Å²) in [4.78, 5) is 37.9. The first-order chi connectivity index (χ1) is 9.42. The lowest BCUT2D eigenvalue weighted by molar-refractivity contribution is -0.145. The van der Waals surface area contributed by atoms with Crippen molar-refractivity contribution in [3.63, 3.8) is 0 Å². The molecule has 0 spiro atoms. The minimum Gasteiger partial charge on any atom is -0.481 e. The molecule has 0 aliphatic carbocycles. The number of amides is 2. The molecule has 0 aliphatic rings. The van der Waals surface area contributed by atoms with Gasteiger partial charge in [0.05, 0.1) is 13.0 Å². The van der Waals surface area contributed by atoms with Crippen LogP contribution in [0.2, 0.25) is 0 Å². The standard InChI is InChI=1S/C11H15N3O5S/c1-2-6-4-12-8(20-6)5-13-11(19)14-7(10(17)18)3-9(15)16/h4,7H,2-3,5H2,1H3,(H,15,16)(H,17,18)(H2,13,14,19)/t7-/m1/s1. The second kappa shape index (κ2) is 7.43. The number of nitrogens with zero attached hydrogens (tertiary/aromatic N) is 1. The molecule has 9 heteroatoms. The molecule has 0 saturated carbocycles. The first-order valence-electron chi connectivity index (χ1n) is 5.85. The van der Waals surface area contributed by atoms with E-state index in [2.05, 4.69) is 15.6 Å². The highest BCUT2D eigenvalue weighted by atomic mass is 32.1. The highest BCUT2D eigenvalue weighted by molar-refractivity contribution is 7.11. The molecule has 1 rings (SSSR count). The summed E-state index contributed by atoms with van der Waals surface area (Å²) in [6.45, 7) is 2.15. The van der Waals surface area contributed by atoms with E-state index in [9.17, 15) is 14.4 Å². The van der Waals surface area contributed by atoms with Crippen molar-refractivity contribution in [3.8, 4) is 0 Å². The van der Waals surface area contributed by atoms with Crippen LogP contribution in [0, 0.1) is 0 Å². The van der Waals surface area contributed by atoms with Crippen molar-refractivity contribution in [3.05, 3.63) is 16.1 Å². The van der Waals surface area contributed by atoms with Crippen LogP contribution in [0.1, 0.15) is 23.2 Å². The molecular weight excluding hydrogens is 286 g/mol. The third-order valence-corrected chi connectivity index (χ3v) is 3.47. The molecule has 0 saturated heterocycles. The van der Waals surface area contributed by atoms with Gasteiger partial charge in [-0.05, 0) is 6.42 Å². The molecule has 4 N–H and O–H groups in total. The zero-order valence-corrected chi connectivity index (χ0v) is 11.6. The minimum absolute atomic E-state index is 0.163. The average Bonchev–Trinajstić information content (AvgIpc) is 2.83. The quantitative estimate of drug-likeness (QED) is 0.578. The van der Waals surface area contributed by atoms with Gasteiger partial charge in [0.1, 0.15) is 11.0 Å². The highest BCUT2D eigenvalue weighted by Gasteiger charge is 2.22. The lowest BCUT2D eigenvalue weighted by atomic mass is 10.2. The van der Waals surface area contributed by atoms with Crippen LogP contribution < -0.4 is 10.6 Å². The van der Waals surface area contributed by atoms with Crippen molar-refractivity contribution >= 4 is 29.3 Å². The molecule has 1 aromatic rings. The van der Waals surface area contributed by atoms with E-state index in [0.29, 0.717) is 5.01 Å². The molecule has 1 atom stereocenters. The molecule has 0 aliphatic heterocycles. The Morgan fingerprint density at radius 1 is 1.40 bits per heavy atom. The van der Waals surface area contributed by atoms with Crippen LogP contribution in [-0.2, 0) is 22.6 Å². The maximum absolute atomic E-state index is 11.5. The van der Waals surface area contributed by atoms with Gasteiger partial charge in [-0.25, -0.2) is 14.6 Å². The molecular formula is C11H15N3O5S. The number of aryl methyl sites for hydroxylation is 1. The Morgan fingerprint density at radius 3 is 2.60 bits per heavy atom. The van der Waals surface area contributed by atoms with Gasteiger partial charge >= 0.3 is 18.0 Å². The predicted molar refractivity (Wildman–Crippen MR) is 70.5 cm³/mol. The Balaban J connectivity index is 2.45. The molecule has 0 bridgehead atoms. The fraction of sp³-hybridized carbons (Fsp3) is 0.455. The Kier molecular flexibility index (Phi) is 5.91. The number of hydrogen-bond acceptors (Lipinski definition) is 5. The first kappa shape index (κ1) is 15.9. The summed E-state index contributed by atoms with van der Waals surface area (Å²) >= 11 is 1.45. The van der Waals surface area contributed by atoms with Crippen LogP contribution in [0.4, 0.5) is 4.79 Å². The molecule has 0 unspecified atom stereocenters. The third kappa shape index (κ3) is 5.22. The smallest absolute Gasteiger partial charge is 0.326 e. The molecule has 0 aromatic carbocycles. The molecule has 110 valence electrons. The predicted octanol–water partition coefficient (Wildman–Crippen LogP) is 0.433. The van der Waals surface area contributed by atoms with Crippen LogP contribution in [0.15, 0.2) is 6.20 Å². The molecule has 20 heavy (non-hydrogen) atoms. The normalized spacial score (nSPS) is 11.7. The summed E-state index contributed by atoms with van der Waals surface area (Å²) in [5.41, 5.74) is 0. The largest absolute Gasteiger partial charge is 0.481 e. The number of urea groups is 1. The van der Waals surface area contributed by atoms with E-state index in [1.165, 1.54) is 11.3 Å². The van der Waals surface area contributed by atoms with Crippen LogP contribution in [0.3, 0.4) is 0 Å². The van der Waals surface area contributed by atoms with Crippen LogP contribution in [-0.4, -0.2) is 39.2 Å². The van der Waals surface area contributed by atoms with Crippen LogP contribution in [0.25, 0.3) is 0 Å². The third-order valence-electron chi connectivity index (χ3n) is 2.33. The van der Waals surface area contributed by atoms with E-state index in [4.69, 9.17) is 10.2 Å². The molecule has 1 aromatic heterocycles. The van der Waals surface area contributed by atoms with Gasteiger partial charge in [-0.1, -0.05) is 6.92 Å². The lowest BCUT2D eigenvalue weighted by Gasteiger charge is -2.12. The van der Waals surface area contributed by atoms with E-state index in [0.717, 1.165) is 11.3 Å². The van der Waals surface area contributed by atoms with E-state index >= 15 is 0 Å². The van der Waals surface area contributed by atoms with Gasteiger partial charge in [0, 0.05) is 11.1 Å². The number of hydrogen-bond donors (Lipinski definition) is 4. The maximum atomic E-state index is 11.5. The second-order valence-corrected chi connectivity index (χ2v) is 5.09. The van der Waals surface area contributed by atoms with E-state index in [-0.39, 0.29) is 6.54 Å². The number of aliphatic carboxylic acids is 2. The van der Waals surface area contributed by atoms with Gasteiger partial charge in [-0.15, -0.1) is 11.3 Å². The maximum Gasteiger partial charge on any atom is 0.326 e. The van der Waals surface area contributed by atoms with Gasteiger partial charge in [0.25, 0.3) is 0 Å². The Bertz CT molecular complexity index is 502. The van der Waals surface area contributed by atoms with Gasteiger partial charge in [0.15, 0.2) is 0 Å². The van der Waals surface area contributed by atoms with E-state index < -0.39 is 30.4 Å². The number of carbonyl (C=O) groups excluding carboxylic acids is 1. The number of carbonyl (C=O) groups is 3. The number of thiazole rings is 1. The molecule has 2 amide bonds. The monoisotopic (exact) mass is 301 g/mol. The van der Waals surface area contributed by atoms with Gasteiger partial charge in [0.2, 0.25) is 0 Å². The highest BCUT2D eigenvalue weighted by Crippen LogP contribution is 2.12. The van der Waals surface area contributed by atoms with E-state index in [1.807, 2.05) is 6.92 Å². The van der Waals surface area contributed by atoms with Crippen molar-refractivity contribution in [2.45, 2.75) is 32.4 Å². The SMILES string of the molecule is CCc1cnc(CNC(=O)N[C@H](CC(=O)O)C(=O)O)s1. The molecule has 1 heterocycles. The minimum atomic E-state index is -1.46.